The normalized spacial score (nSPS) is 11.0. The molecular formula is C19H15N3O3S. The molecule has 1 aromatic carbocycles. The Balaban J connectivity index is 1.98. The molecule has 0 unspecified atom stereocenters. The number of carboxylic acid groups (broad SMARTS) is 1. The molecule has 0 saturated heterocycles. The van der Waals surface area contributed by atoms with Crippen molar-refractivity contribution >= 4 is 22.8 Å². The molecule has 0 spiro atoms. The number of benzene rings is 1. The fourth-order valence-corrected chi connectivity index (χ4v) is 4.00. The predicted molar refractivity (Wildman–Crippen MR) is 100.0 cm³/mol. The summed E-state index contributed by atoms with van der Waals surface area (Å²) in [7, 11) is 1.56. The second kappa shape index (κ2) is 6.27. The molecule has 0 aliphatic rings. The lowest BCUT2D eigenvalue weighted by Crippen LogP contribution is -1.97. The molecule has 6 nitrogen and oxygen atoms in total. The van der Waals surface area contributed by atoms with E-state index in [4.69, 9.17) is 4.74 Å². The number of pyridine rings is 1. The number of carbonyl (C=O) groups is 1. The summed E-state index contributed by atoms with van der Waals surface area (Å²) in [6.45, 7) is 1.90. The summed E-state index contributed by atoms with van der Waals surface area (Å²) in [6, 6.07) is 13.0. The van der Waals surface area contributed by atoms with E-state index in [1.807, 2.05) is 49.5 Å². The molecule has 0 aliphatic heterocycles. The molecular weight excluding hydrogens is 350 g/mol. The molecule has 0 amide bonds. The molecule has 130 valence electrons. The van der Waals surface area contributed by atoms with Crippen molar-refractivity contribution in [2.24, 2.45) is 0 Å². The van der Waals surface area contributed by atoms with Crippen LogP contribution in [0.15, 0.2) is 48.7 Å². The molecule has 0 fully saturated rings. The Labute approximate surface area is 153 Å². The molecule has 4 aromatic rings. The summed E-state index contributed by atoms with van der Waals surface area (Å²) < 4.78 is 7.16. The molecule has 0 aliphatic carbocycles. The van der Waals surface area contributed by atoms with E-state index in [2.05, 4.69) is 10.1 Å². The van der Waals surface area contributed by atoms with Crippen LogP contribution >= 0.6 is 11.3 Å². The van der Waals surface area contributed by atoms with E-state index in [1.165, 1.54) is 0 Å². The Kier molecular flexibility index (Phi) is 3.93. The van der Waals surface area contributed by atoms with Crippen LogP contribution in [-0.2, 0) is 0 Å². The van der Waals surface area contributed by atoms with Crippen LogP contribution < -0.4 is 4.74 Å². The zero-order chi connectivity index (χ0) is 18.3. The highest BCUT2D eigenvalue weighted by atomic mass is 32.1. The maximum absolute atomic E-state index is 11.8. The second-order valence-electron chi connectivity index (χ2n) is 5.69. The van der Waals surface area contributed by atoms with Crippen molar-refractivity contribution in [2.45, 2.75) is 6.92 Å². The molecule has 3 aromatic heterocycles. The van der Waals surface area contributed by atoms with Crippen molar-refractivity contribution in [3.05, 3.63) is 59.2 Å². The third-order valence-electron chi connectivity index (χ3n) is 4.11. The molecule has 3 heterocycles. The Hall–Kier alpha value is -3.19. The average Bonchev–Trinajstić information content (AvgIpc) is 3.21. The lowest BCUT2D eigenvalue weighted by Gasteiger charge is -2.06. The third-order valence-corrected chi connectivity index (χ3v) is 5.17. The van der Waals surface area contributed by atoms with E-state index in [-0.39, 0.29) is 4.88 Å². The van der Waals surface area contributed by atoms with Crippen LogP contribution in [0.4, 0.5) is 0 Å². The van der Waals surface area contributed by atoms with Gasteiger partial charge in [0, 0.05) is 11.8 Å². The van der Waals surface area contributed by atoms with Crippen LogP contribution in [0.1, 0.15) is 15.4 Å². The maximum Gasteiger partial charge on any atom is 0.348 e. The number of para-hydroxylation sites is 1. The SMILES string of the molecule is COc1ccccc1-c1nc(-c2c(C)nn3ccccc23)sc1C(=O)O. The van der Waals surface area contributed by atoms with E-state index in [0.717, 1.165) is 28.1 Å². The number of methoxy groups -OCH3 is 1. The predicted octanol–water partition coefficient (Wildman–Crippen LogP) is 4.14. The highest BCUT2D eigenvalue weighted by molar-refractivity contribution is 7.17. The smallest absolute Gasteiger partial charge is 0.348 e. The van der Waals surface area contributed by atoms with Gasteiger partial charge in [-0.2, -0.15) is 5.10 Å². The first kappa shape index (κ1) is 16.3. The first-order chi connectivity index (χ1) is 12.6. The number of aromatic carboxylic acids is 1. The lowest BCUT2D eigenvalue weighted by molar-refractivity contribution is 0.0702. The first-order valence-electron chi connectivity index (χ1n) is 7.92. The van der Waals surface area contributed by atoms with E-state index in [0.29, 0.717) is 22.0 Å². The molecule has 0 saturated carbocycles. The maximum atomic E-state index is 11.8. The minimum absolute atomic E-state index is 0.180. The van der Waals surface area contributed by atoms with Crippen LogP contribution in [0.25, 0.3) is 27.3 Å². The summed E-state index contributed by atoms with van der Waals surface area (Å²) in [6.07, 6.45) is 1.86. The van der Waals surface area contributed by atoms with Gasteiger partial charge in [0.05, 0.1) is 23.9 Å². The van der Waals surface area contributed by atoms with E-state index >= 15 is 0 Å². The van der Waals surface area contributed by atoms with Crippen LogP contribution in [-0.4, -0.2) is 32.8 Å². The monoisotopic (exact) mass is 365 g/mol. The number of aromatic nitrogens is 3. The summed E-state index contributed by atoms with van der Waals surface area (Å²) in [5.41, 5.74) is 3.60. The Bertz CT molecular complexity index is 1130. The van der Waals surface area contributed by atoms with Gasteiger partial charge < -0.3 is 9.84 Å². The van der Waals surface area contributed by atoms with E-state index in [9.17, 15) is 9.90 Å². The summed E-state index contributed by atoms with van der Waals surface area (Å²) >= 11 is 1.15. The van der Waals surface area contributed by atoms with Gasteiger partial charge in [-0.3, -0.25) is 0 Å². The van der Waals surface area contributed by atoms with Gasteiger partial charge in [-0.05, 0) is 31.2 Å². The van der Waals surface area contributed by atoms with Crippen molar-refractivity contribution in [3.63, 3.8) is 0 Å². The number of carboxylic acids is 1. The lowest BCUT2D eigenvalue weighted by atomic mass is 10.1. The van der Waals surface area contributed by atoms with Gasteiger partial charge in [0.15, 0.2) is 0 Å². The van der Waals surface area contributed by atoms with E-state index < -0.39 is 5.97 Å². The topological polar surface area (TPSA) is 76.7 Å². The van der Waals surface area contributed by atoms with Crippen LogP contribution in [0, 0.1) is 6.92 Å². The number of ether oxygens (including phenoxy) is 1. The molecule has 0 radical (unpaired) electrons. The van der Waals surface area contributed by atoms with Gasteiger partial charge in [0.1, 0.15) is 21.3 Å². The average molecular weight is 365 g/mol. The zero-order valence-corrected chi connectivity index (χ0v) is 14.9. The van der Waals surface area contributed by atoms with Crippen molar-refractivity contribution in [1.29, 1.82) is 0 Å². The molecule has 1 N–H and O–H groups in total. The van der Waals surface area contributed by atoms with Gasteiger partial charge in [0.25, 0.3) is 0 Å². The van der Waals surface area contributed by atoms with Gasteiger partial charge in [0.2, 0.25) is 0 Å². The fraction of sp³-hybridized carbons (Fsp3) is 0.105. The van der Waals surface area contributed by atoms with Crippen LogP contribution in [0.5, 0.6) is 5.75 Å². The molecule has 7 heteroatoms. The largest absolute Gasteiger partial charge is 0.496 e. The highest BCUT2D eigenvalue weighted by Crippen LogP contribution is 2.39. The van der Waals surface area contributed by atoms with Gasteiger partial charge in [-0.25, -0.2) is 14.3 Å². The number of nitrogens with zero attached hydrogens (tertiary/aromatic N) is 3. The number of hydrogen-bond donors (Lipinski definition) is 1. The molecule has 0 bridgehead atoms. The first-order valence-corrected chi connectivity index (χ1v) is 8.73. The molecule has 4 rings (SSSR count). The summed E-state index contributed by atoms with van der Waals surface area (Å²) in [5.74, 6) is -0.424. The van der Waals surface area contributed by atoms with Crippen molar-refractivity contribution in [1.82, 2.24) is 14.6 Å². The minimum Gasteiger partial charge on any atom is -0.496 e. The standard InChI is InChI=1S/C19H15N3O3S/c1-11-15(13-8-5-6-10-22(13)21-11)18-20-16(17(26-18)19(23)24)12-7-3-4-9-14(12)25-2/h3-10H,1-2H3,(H,23,24). The third kappa shape index (κ3) is 2.53. The summed E-state index contributed by atoms with van der Waals surface area (Å²) in [5, 5.41) is 14.8. The Morgan fingerprint density at radius 2 is 1.96 bits per heavy atom. The molecule has 0 atom stereocenters. The number of thiazole rings is 1. The van der Waals surface area contributed by atoms with Gasteiger partial charge >= 0.3 is 5.97 Å². The van der Waals surface area contributed by atoms with Crippen molar-refractivity contribution in [2.75, 3.05) is 7.11 Å². The minimum atomic E-state index is -1.01. The quantitative estimate of drug-likeness (QED) is 0.588. The second-order valence-corrected chi connectivity index (χ2v) is 6.69. The highest BCUT2D eigenvalue weighted by Gasteiger charge is 2.24. The van der Waals surface area contributed by atoms with Crippen LogP contribution in [0.3, 0.4) is 0 Å². The number of rotatable bonds is 4. The molecule has 26 heavy (non-hydrogen) atoms. The van der Waals surface area contributed by atoms with Gasteiger partial charge in [-0.1, -0.05) is 18.2 Å². The van der Waals surface area contributed by atoms with Crippen molar-refractivity contribution in [3.8, 4) is 27.6 Å². The van der Waals surface area contributed by atoms with E-state index in [1.54, 1.807) is 17.7 Å². The summed E-state index contributed by atoms with van der Waals surface area (Å²) in [4.78, 5) is 16.7. The number of fused-ring (bicyclic) bond motifs is 1. The van der Waals surface area contributed by atoms with Gasteiger partial charge in [-0.15, -0.1) is 11.3 Å². The number of hydrogen-bond acceptors (Lipinski definition) is 5. The number of aryl methyl sites for hydroxylation is 1. The zero-order valence-electron chi connectivity index (χ0n) is 14.1. The van der Waals surface area contributed by atoms with Crippen molar-refractivity contribution < 1.29 is 14.6 Å². The fourth-order valence-electron chi connectivity index (χ4n) is 2.98. The van der Waals surface area contributed by atoms with Crippen LogP contribution in [0.2, 0.25) is 0 Å². The Morgan fingerprint density at radius 1 is 1.19 bits per heavy atom. The Morgan fingerprint density at radius 3 is 2.73 bits per heavy atom.